The molecule has 3 aromatic rings. The zero-order valence-electron chi connectivity index (χ0n) is 16.1. The van der Waals surface area contributed by atoms with Gasteiger partial charge in [0, 0.05) is 6.07 Å². The van der Waals surface area contributed by atoms with E-state index in [1.54, 1.807) is 49.4 Å². The first-order valence-corrected chi connectivity index (χ1v) is 9.13. The molecule has 1 N–H and O–H groups in total. The molecule has 1 unspecified atom stereocenters. The second kappa shape index (κ2) is 7.75. The van der Waals surface area contributed by atoms with Crippen molar-refractivity contribution in [3.8, 4) is 5.75 Å². The van der Waals surface area contributed by atoms with Crippen LogP contribution in [0.2, 0.25) is 0 Å². The topological polar surface area (TPSA) is 106 Å². The minimum Gasteiger partial charge on any atom is -0.503 e. The summed E-state index contributed by atoms with van der Waals surface area (Å²) in [6.45, 7) is 5.63. The van der Waals surface area contributed by atoms with Crippen LogP contribution in [0.25, 0.3) is 0 Å². The molecule has 0 aliphatic carbocycles. The summed E-state index contributed by atoms with van der Waals surface area (Å²) < 4.78 is 15.8. The van der Waals surface area contributed by atoms with Gasteiger partial charge in [0.15, 0.2) is 17.3 Å². The Kier molecular flexibility index (Phi) is 4.97. The molecule has 0 saturated heterocycles. The van der Waals surface area contributed by atoms with Gasteiger partial charge in [0.25, 0.3) is 5.91 Å². The number of Topliss-reactive ketones (excluding diaryl/α,β-unsaturated/α-hetero) is 1. The first-order chi connectivity index (χ1) is 14.5. The number of furan rings is 1. The number of amides is 1. The number of anilines is 1. The van der Waals surface area contributed by atoms with Gasteiger partial charge >= 0.3 is 0 Å². The van der Waals surface area contributed by atoms with Crippen molar-refractivity contribution < 1.29 is 28.4 Å². The van der Waals surface area contributed by atoms with Crippen LogP contribution < -0.4 is 9.64 Å². The summed E-state index contributed by atoms with van der Waals surface area (Å²) in [7, 11) is 0. The Morgan fingerprint density at radius 3 is 2.70 bits per heavy atom. The van der Waals surface area contributed by atoms with E-state index in [-0.39, 0.29) is 17.2 Å². The molecule has 0 radical (unpaired) electrons. The number of aromatic nitrogens is 1. The van der Waals surface area contributed by atoms with Gasteiger partial charge in [0.1, 0.15) is 18.1 Å². The van der Waals surface area contributed by atoms with E-state index in [1.165, 1.54) is 17.2 Å². The molecule has 1 amide bonds. The van der Waals surface area contributed by atoms with Crippen LogP contribution in [-0.4, -0.2) is 28.6 Å². The summed E-state index contributed by atoms with van der Waals surface area (Å²) in [5.41, 5.74) is 0.476. The first-order valence-electron chi connectivity index (χ1n) is 9.13. The molecule has 1 aromatic carbocycles. The molecular formula is C22H18N2O6. The molecular weight excluding hydrogens is 388 g/mol. The SMILES string of the molecule is C=CCOc1ccc(C2C(C(=O)c3ccco3)=C(O)C(=O)N2c2cc(C)on2)cc1. The Hall–Kier alpha value is -4.07. The van der Waals surface area contributed by atoms with Crippen molar-refractivity contribution in [2.75, 3.05) is 11.5 Å². The highest BCUT2D eigenvalue weighted by Crippen LogP contribution is 2.42. The van der Waals surface area contributed by atoms with E-state index in [0.29, 0.717) is 23.7 Å². The molecule has 1 aliphatic rings. The van der Waals surface area contributed by atoms with Crippen molar-refractivity contribution in [2.45, 2.75) is 13.0 Å². The second-order valence-corrected chi connectivity index (χ2v) is 6.61. The number of ketones is 1. The number of carbonyl (C=O) groups excluding carboxylic acids is 2. The highest BCUT2D eigenvalue weighted by Gasteiger charge is 2.46. The predicted molar refractivity (Wildman–Crippen MR) is 106 cm³/mol. The maximum atomic E-state index is 13.1. The number of hydrogen-bond acceptors (Lipinski definition) is 7. The number of hydrogen-bond donors (Lipinski definition) is 1. The molecule has 8 heteroatoms. The molecule has 152 valence electrons. The lowest BCUT2D eigenvalue weighted by Crippen LogP contribution is -2.31. The highest BCUT2D eigenvalue weighted by molar-refractivity contribution is 6.19. The van der Waals surface area contributed by atoms with E-state index in [2.05, 4.69) is 11.7 Å². The molecule has 8 nitrogen and oxygen atoms in total. The van der Waals surface area contributed by atoms with Crippen molar-refractivity contribution in [3.05, 3.63) is 89.8 Å². The van der Waals surface area contributed by atoms with Crippen LogP contribution in [0.1, 0.15) is 27.9 Å². The average molecular weight is 406 g/mol. The maximum Gasteiger partial charge on any atom is 0.295 e. The number of ether oxygens (including phenoxy) is 1. The second-order valence-electron chi connectivity index (χ2n) is 6.61. The maximum absolute atomic E-state index is 13.1. The molecule has 4 rings (SSSR count). The van der Waals surface area contributed by atoms with Gasteiger partial charge in [-0.05, 0) is 36.8 Å². The summed E-state index contributed by atoms with van der Waals surface area (Å²) >= 11 is 0. The lowest BCUT2D eigenvalue weighted by Gasteiger charge is -2.24. The molecule has 0 spiro atoms. The van der Waals surface area contributed by atoms with E-state index in [4.69, 9.17) is 13.7 Å². The summed E-state index contributed by atoms with van der Waals surface area (Å²) in [4.78, 5) is 27.2. The molecule has 0 saturated carbocycles. The fourth-order valence-corrected chi connectivity index (χ4v) is 3.30. The number of carbonyl (C=O) groups is 2. The third-order valence-electron chi connectivity index (χ3n) is 4.62. The first kappa shape index (κ1) is 19.3. The molecule has 2 aromatic heterocycles. The largest absolute Gasteiger partial charge is 0.503 e. The van der Waals surface area contributed by atoms with Crippen LogP contribution in [0.3, 0.4) is 0 Å². The quantitative estimate of drug-likeness (QED) is 0.468. The van der Waals surface area contributed by atoms with Crippen molar-refractivity contribution in [1.82, 2.24) is 5.16 Å². The fourth-order valence-electron chi connectivity index (χ4n) is 3.30. The van der Waals surface area contributed by atoms with Gasteiger partial charge in [-0.25, -0.2) is 0 Å². The number of rotatable bonds is 7. The average Bonchev–Trinajstić information content (AvgIpc) is 3.48. The van der Waals surface area contributed by atoms with Crippen LogP contribution in [0.15, 0.2) is 81.7 Å². The molecule has 1 atom stereocenters. The third-order valence-corrected chi connectivity index (χ3v) is 4.62. The monoisotopic (exact) mass is 406 g/mol. The van der Waals surface area contributed by atoms with Crippen LogP contribution in [0.5, 0.6) is 5.75 Å². The van der Waals surface area contributed by atoms with E-state index in [1.807, 2.05) is 0 Å². The predicted octanol–water partition coefficient (Wildman–Crippen LogP) is 3.92. The van der Waals surface area contributed by atoms with E-state index in [0.717, 1.165) is 0 Å². The number of aryl methyl sites for hydroxylation is 1. The van der Waals surface area contributed by atoms with Gasteiger partial charge in [0.2, 0.25) is 5.78 Å². The molecule has 0 bridgehead atoms. The lowest BCUT2D eigenvalue weighted by molar-refractivity contribution is -0.117. The molecule has 0 fully saturated rings. The van der Waals surface area contributed by atoms with Crippen LogP contribution in [-0.2, 0) is 4.79 Å². The molecule has 1 aliphatic heterocycles. The Labute approximate surface area is 171 Å². The van der Waals surface area contributed by atoms with Crippen molar-refractivity contribution in [1.29, 1.82) is 0 Å². The summed E-state index contributed by atoms with van der Waals surface area (Å²) in [6.07, 6.45) is 2.97. The van der Waals surface area contributed by atoms with Crippen molar-refractivity contribution >= 4 is 17.5 Å². The Balaban J connectivity index is 1.80. The zero-order chi connectivity index (χ0) is 21.3. The number of aliphatic hydroxyl groups excluding tert-OH is 1. The summed E-state index contributed by atoms with van der Waals surface area (Å²) in [6, 6.07) is 10.5. The van der Waals surface area contributed by atoms with Gasteiger partial charge in [-0.15, -0.1) is 0 Å². The fraction of sp³-hybridized carbons (Fsp3) is 0.136. The van der Waals surface area contributed by atoms with Crippen molar-refractivity contribution in [3.63, 3.8) is 0 Å². The van der Waals surface area contributed by atoms with Crippen molar-refractivity contribution in [2.24, 2.45) is 0 Å². The van der Waals surface area contributed by atoms with Crippen LogP contribution >= 0.6 is 0 Å². The van der Waals surface area contributed by atoms with E-state index in [9.17, 15) is 14.7 Å². The van der Waals surface area contributed by atoms with Gasteiger partial charge < -0.3 is 18.8 Å². The standard InChI is InChI=1S/C22H18N2O6/c1-3-10-28-15-8-6-14(7-9-15)19-18(20(25)16-5-4-11-29-16)21(26)22(27)24(19)17-12-13(2)30-23-17/h3-9,11-12,19,26H,1,10H2,2H3. The van der Waals surface area contributed by atoms with Gasteiger partial charge in [0.05, 0.1) is 17.9 Å². The number of benzene rings is 1. The van der Waals surface area contributed by atoms with E-state index < -0.39 is 23.5 Å². The summed E-state index contributed by atoms with van der Waals surface area (Å²) in [5, 5.41) is 14.5. The van der Waals surface area contributed by atoms with Crippen LogP contribution in [0, 0.1) is 6.92 Å². The molecule has 3 heterocycles. The zero-order valence-corrected chi connectivity index (χ0v) is 16.1. The summed E-state index contributed by atoms with van der Waals surface area (Å²) in [5.74, 6) is -0.731. The minimum atomic E-state index is -0.923. The van der Waals surface area contributed by atoms with Gasteiger partial charge in [-0.1, -0.05) is 29.9 Å². The van der Waals surface area contributed by atoms with Crippen LogP contribution in [0.4, 0.5) is 5.82 Å². The number of nitrogens with zero attached hydrogens (tertiary/aromatic N) is 2. The minimum absolute atomic E-state index is 0.0125. The lowest BCUT2D eigenvalue weighted by atomic mass is 9.95. The smallest absolute Gasteiger partial charge is 0.295 e. The highest BCUT2D eigenvalue weighted by atomic mass is 16.5. The van der Waals surface area contributed by atoms with Gasteiger partial charge in [-0.2, -0.15) is 0 Å². The third kappa shape index (κ3) is 3.28. The normalized spacial score (nSPS) is 16.2. The Bertz CT molecular complexity index is 1120. The van der Waals surface area contributed by atoms with E-state index >= 15 is 0 Å². The Morgan fingerprint density at radius 2 is 2.10 bits per heavy atom. The number of aliphatic hydroxyl groups is 1. The Morgan fingerprint density at radius 1 is 1.33 bits per heavy atom. The van der Waals surface area contributed by atoms with Gasteiger partial charge in [-0.3, -0.25) is 14.5 Å². The molecule has 30 heavy (non-hydrogen) atoms.